The molecule has 1 saturated carbocycles. The maximum absolute atomic E-state index is 6.28. The molecule has 0 unspecified atom stereocenters. The maximum atomic E-state index is 6.28. The van der Waals surface area contributed by atoms with E-state index in [1.807, 2.05) is 36.0 Å². The molecule has 0 radical (unpaired) electrons. The average molecular weight is 287 g/mol. The predicted molar refractivity (Wildman–Crippen MR) is 89.4 cm³/mol. The Morgan fingerprint density at radius 3 is 2.85 bits per heavy atom. The van der Waals surface area contributed by atoms with Gasteiger partial charge in [0.2, 0.25) is 0 Å². The van der Waals surface area contributed by atoms with Crippen LogP contribution in [0.1, 0.15) is 25.7 Å². The molecule has 20 heavy (non-hydrogen) atoms. The molecule has 1 aliphatic rings. The van der Waals surface area contributed by atoms with Gasteiger partial charge in [-0.05, 0) is 43.4 Å². The molecular formula is C16H21N3S. The van der Waals surface area contributed by atoms with Crippen LogP contribution in [-0.4, -0.2) is 22.5 Å². The molecular weight excluding hydrogens is 266 g/mol. The van der Waals surface area contributed by atoms with Crippen LogP contribution in [0.25, 0.3) is 10.9 Å². The number of benzene rings is 1. The van der Waals surface area contributed by atoms with Crippen molar-refractivity contribution in [3.8, 4) is 0 Å². The molecule has 1 fully saturated rings. The van der Waals surface area contributed by atoms with Gasteiger partial charge in [-0.15, -0.1) is 0 Å². The Morgan fingerprint density at radius 2 is 2.10 bits per heavy atom. The second-order valence-corrected chi connectivity index (χ2v) is 6.82. The molecule has 0 aliphatic heterocycles. The van der Waals surface area contributed by atoms with E-state index in [4.69, 9.17) is 5.73 Å². The van der Waals surface area contributed by atoms with Gasteiger partial charge in [0.15, 0.2) is 0 Å². The fourth-order valence-electron chi connectivity index (χ4n) is 3.06. The molecule has 2 aromatic rings. The maximum Gasteiger partial charge on any atom is 0.0724 e. The Morgan fingerprint density at radius 1 is 1.30 bits per heavy atom. The molecule has 3 rings (SSSR count). The molecule has 4 heteroatoms. The zero-order chi connectivity index (χ0) is 14.0. The van der Waals surface area contributed by atoms with Gasteiger partial charge in [-0.3, -0.25) is 4.98 Å². The van der Waals surface area contributed by atoms with Crippen LogP contribution in [0, 0.1) is 0 Å². The predicted octanol–water partition coefficient (Wildman–Crippen LogP) is 3.90. The van der Waals surface area contributed by atoms with Crippen LogP contribution < -0.4 is 11.1 Å². The minimum absolute atomic E-state index is 0.385. The van der Waals surface area contributed by atoms with E-state index in [0.29, 0.717) is 4.75 Å². The molecule has 0 atom stereocenters. The van der Waals surface area contributed by atoms with Gasteiger partial charge in [0, 0.05) is 22.9 Å². The van der Waals surface area contributed by atoms with Crippen molar-refractivity contribution in [1.82, 2.24) is 4.98 Å². The van der Waals surface area contributed by atoms with Gasteiger partial charge in [-0.1, -0.05) is 12.8 Å². The summed E-state index contributed by atoms with van der Waals surface area (Å²) >= 11 is 1.99. The van der Waals surface area contributed by atoms with E-state index in [1.165, 1.54) is 25.7 Å². The number of pyridine rings is 1. The number of hydrogen-bond acceptors (Lipinski definition) is 4. The highest BCUT2D eigenvalue weighted by Gasteiger charge is 2.32. The lowest BCUT2D eigenvalue weighted by Gasteiger charge is -2.28. The van der Waals surface area contributed by atoms with Crippen molar-refractivity contribution in [3.05, 3.63) is 30.5 Å². The van der Waals surface area contributed by atoms with E-state index >= 15 is 0 Å². The third kappa shape index (κ3) is 2.44. The monoisotopic (exact) mass is 287 g/mol. The molecule has 0 amide bonds. The molecule has 1 aromatic carbocycles. The highest BCUT2D eigenvalue weighted by Crippen LogP contribution is 2.40. The number of rotatable bonds is 4. The van der Waals surface area contributed by atoms with Crippen molar-refractivity contribution in [2.75, 3.05) is 23.9 Å². The Kier molecular flexibility index (Phi) is 3.74. The first kappa shape index (κ1) is 13.6. The van der Waals surface area contributed by atoms with E-state index in [0.717, 1.165) is 28.8 Å². The zero-order valence-corrected chi connectivity index (χ0v) is 12.7. The number of thioether (sulfide) groups is 1. The molecule has 106 valence electrons. The van der Waals surface area contributed by atoms with Crippen LogP contribution in [0.4, 0.5) is 11.4 Å². The van der Waals surface area contributed by atoms with Crippen molar-refractivity contribution >= 4 is 34.0 Å². The second kappa shape index (κ2) is 5.52. The number of hydrogen-bond donors (Lipinski definition) is 2. The van der Waals surface area contributed by atoms with Crippen molar-refractivity contribution in [2.24, 2.45) is 0 Å². The van der Waals surface area contributed by atoms with Gasteiger partial charge >= 0.3 is 0 Å². The van der Waals surface area contributed by atoms with Crippen LogP contribution in [0.3, 0.4) is 0 Å². The van der Waals surface area contributed by atoms with Crippen LogP contribution >= 0.6 is 11.8 Å². The summed E-state index contributed by atoms with van der Waals surface area (Å²) in [5, 5.41) is 4.59. The molecule has 0 bridgehead atoms. The van der Waals surface area contributed by atoms with Crippen molar-refractivity contribution in [1.29, 1.82) is 0 Å². The Bertz CT molecular complexity index is 606. The molecule has 1 aliphatic carbocycles. The van der Waals surface area contributed by atoms with Gasteiger partial charge in [-0.2, -0.15) is 11.8 Å². The van der Waals surface area contributed by atoms with E-state index in [1.54, 1.807) is 6.20 Å². The van der Waals surface area contributed by atoms with E-state index < -0.39 is 0 Å². The first-order valence-corrected chi connectivity index (χ1v) is 8.39. The number of nitrogens with zero attached hydrogens (tertiary/aromatic N) is 1. The summed E-state index contributed by atoms with van der Waals surface area (Å²) < 4.78 is 0.385. The van der Waals surface area contributed by atoms with Crippen molar-refractivity contribution in [2.45, 2.75) is 30.4 Å². The molecule has 1 aromatic heterocycles. The fourth-order valence-corrected chi connectivity index (χ4v) is 3.97. The summed E-state index contributed by atoms with van der Waals surface area (Å²) in [7, 11) is 0. The quantitative estimate of drug-likeness (QED) is 0.837. The minimum atomic E-state index is 0.385. The number of anilines is 2. The second-order valence-electron chi connectivity index (χ2n) is 5.54. The highest BCUT2D eigenvalue weighted by atomic mass is 32.2. The van der Waals surface area contributed by atoms with Gasteiger partial charge in [-0.25, -0.2) is 0 Å². The Balaban J connectivity index is 1.82. The standard InChI is InChI=1S/C16H21N3S/c1-20-16(8-2-3-9-16)11-19-14-7-6-13-12(15(14)17)5-4-10-18-13/h4-7,10,19H,2-3,8-9,11,17H2,1H3. The summed E-state index contributed by atoms with van der Waals surface area (Å²) in [5.74, 6) is 0. The van der Waals surface area contributed by atoms with Gasteiger partial charge < -0.3 is 11.1 Å². The van der Waals surface area contributed by atoms with Crippen LogP contribution in [0.2, 0.25) is 0 Å². The average Bonchev–Trinajstić information content (AvgIpc) is 2.96. The van der Waals surface area contributed by atoms with Gasteiger partial charge in [0.05, 0.1) is 16.9 Å². The first-order valence-electron chi connectivity index (χ1n) is 7.16. The number of nitrogen functional groups attached to an aromatic ring is 1. The number of aromatic nitrogens is 1. The number of fused-ring (bicyclic) bond motifs is 1. The first-order chi connectivity index (χ1) is 9.74. The summed E-state index contributed by atoms with van der Waals surface area (Å²) in [5.41, 5.74) is 9.08. The topological polar surface area (TPSA) is 50.9 Å². The van der Waals surface area contributed by atoms with Crippen LogP contribution in [0.15, 0.2) is 30.5 Å². The van der Waals surface area contributed by atoms with Crippen LogP contribution in [0.5, 0.6) is 0 Å². The molecule has 0 spiro atoms. The molecule has 1 heterocycles. The summed E-state index contributed by atoms with van der Waals surface area (Å²) in [6.07, 6.45) is 9.32. The largest absolute Gasteiger partial charge is 0.397 e. The number of nitrogens with one attached hydrogen (secondary N) is 1. The summed E-state index contributed by atoms with van der Waals surface area (Å²) in [4.78, 5) is 4.34. The highest BCUT2D eigenvalue weighted by molar-refractivity contribution is 8.00. The van der Waals surface area contributed by atoms with Crippen molar-refractivity contribution in [3.63, 3.8) is 0 Å². The Hall–Kier alpha value is -1.42. The third-order valence-corrected chi connectivity index (χ3v) is 5.79. The van der Waals surface area contributed by atoms with E-state index in [9.17, 15) is 0 Å². The smallest absolute Gasteiger partial charge is 0.0724 e. The zero-order valence-electron chi connectivity index (χ0n) is 11.9. The fraction of sp³-hybridized carbons (Fsp3) is 0.438. The third-order valence-electron chi connectivity index (χ3n) is 4.38. The Labute approximate surface area is 124 Å². The lowest BCUT2D eigenvalue weighted by atomic mass is 10.1. The normalized spacial score (nSPS) is 17.4. The van der Waals surface area contributed by atoms with Gasteiger partial charge in [0.1, 0.15) is 0 Å². The molecule has 3 nitrogen and oxygen atoms in total. The van der Waals surface area contributed by atoms with E-state index in [-0.39, 0.29) is 0 Å². The van der Waals surface area contributed by atoms with Crippen LogP contribution in [-0.2, 0) is 0 Å². The molecule has 3 N–H and O–H groups in total. The van der Waals surface area contributed by atoms with Gasteiger partial charge in [0.25, 0.3) is 0 Å². The van der Waals surface area contributed by atoms with Crippen molar-refractivity contribution < 1.29 is 0 Å². The lowest BCUT2D eigenvalue weighted by molar-refractivity contribution is 0.640. The lowest BCUT2D eigenvalue weighted by Crippen LogP contribution is -2.30. The van der Waals surface area contributed by atoms with E-state index in [2.05, 4.69) is 16.6 Å². The minimum Gasteiger partial charge on any atom is -0.397 e. The molecule has 0 saturated heterocycles. The summed E-state index contributed by atoms with van der Waals surface area (Å²) in [6.45, 7) is 0.990. The number of nitrogens with two attached hydrogens (primary N) is 1. The summed E-state index contributed by atoms with van der Waals surface area (Å²) in [6, 6.07) is 8.05. The SMILES string of the molecule is CSC1(CNc2ccc3ncccc3c2N)CCCC1.